The second-order valence-corrected chi connectivity index (χ2v) is 7.73. The van der Waals surface area contributed by atoms with Gasteiger partial charge in [0.2, 0.25) is 0 Å². The number of nitrogens with one attached hydrogen (secondary N) is 2. The summed E-state index contributed by atoms with van der Waals surface area (Å²) >= 11 is 0. The van der Waals surface area contributed by atoms with E-state index < -0.39 is 0 Å². The number of guanidine groups is 1. The summed E-state index contributed by atoms with van der Waals surface area (Å²) in [6.07, 6.45) is 5.18. The molecule has 144 valence electrons. The smallest absolute Gasteiger partial charge is 0.191 e. The van der Waals surface area contributed by atoms with Gasteiger partial charge < -0.3 is 15.5 Å². The van der Waals surface area contributed by atoms with Crippen LogP contribution in [0.2, 0.25) is 0 Å². The van der Waals surface area contributed by atoms with Gasteiger partial charge in [-0.2, -0.15) is 0 Å². The zero-order chi connectivity index (χ0) is 17.2. The van der Waals surface area contributed by atoms with E-state index in [-0.39, 0.29) is 24.0 Å². The number of halogens is 1. The minimum Gasteiger partial charge on any atom is -0.366 e. The molecule has 0 radical (unpaired) electrons. The van der Waals surface area contributed by atoms with Crippen LogP contribution in [0, 0.1) is 0 Å². The number of likely N-dealkylation sites (tertiary alicyclic amines) is 1. The van der Waals surface area contributed by atoms with Crippen molar-refractivity contribution < 1.29 is 0 Å². The van der Waals surface area contributed by atoms with Crippen molar-refractivity contribution in [1.29, 1.82) is 0 Å². The van der Waals surface area contributed by atoms with Gasteiger partial charge in [-0.05, 0) is 44.2 Å². The highest BCUT2D eigenvalue weighted by Gasteiger charge is 2.34. The van der Waals surface area contributed by atoms with E-state index in [2.05, 4.69) is 56.6 Å². The molecule has 6 heteroatoms. The van der Waals surface area contributed by atoms with Gasteiger partial charge in [-0.1, -0.05) is 18.2 Å². The lowest BCUT2D eigenvalue weighted by atomic mass is 10.2. The minimum atomic E-state index is 0. The van der Waals surface area contributed by atoms with Gasteiger partial charge >= 0.3 is 0 Å². The number of fused-ring (bicyclic) bond motifs is 1. The van der Waals surface area contributed by atoms with E-state index in [9.17, 15) is 0 Å². The maximum Gasteiger partial charge on any atom is 0.191 e. The third-order valence-electron chi connectivity index (χ3n) is 5.87. The van der Waals surface area contributed by atoms with Crippen LogP contribution in [-0.2, 0) is 6.42 Å². The van der Waals surface area contributed by atoms with E-state index in [4.69, 9.17) is 0 Å². The van der Waals surface area contributed by atoms with E-state index in [0.29, 0.717) is 12.1 Å². The molecule has 0 amide bonds. The van der Waals surface area contributed by atoms with Gasteiger partial charge in [0.05, 0.1) is 0 Å². The summed E-state index contributed by atoms with van der Waals surface area (Å²) in [5.74, 6) is 0.946. The fourth-order valence-electron chi connectivity index (χ4n) is 4.24. The Labute approximate surface area is 174 Å². The molecule has 1 aliphatic carbocycles. The van der Waals surface area contributed by atoms with E-state index in [1.807, 2.05) is 7.05 Å². The zero-order valence-corrected chi connectivity index (χ0v) is 18.3. The first-order valence-corrected chi connectivity index (χ1v) is 9.80. The van der Waals surface area contributed by atoms with Crippen LogP contribution in [-0.4, -0.2) is 62.2 Å². The van der Waals surface area contributed by atoms with Crippen LogP contribution in [0.3, 0.4) is 0 Å². The average molecular weight is 469 g/mol. The highest BCUT2D eigenvalue weighted by atomic mass is 127. The lowest BCUT2D eigenvalue weighted by molar-refractivity contribution is 0.321. The monoisotopic (exact) mass is 469 g/mol. The Hall–Kier alpha value is -1.02. The normalized spacial score (nSPS) is 24.2. The summed E-state index contributed by atoms with van der Waals surface area (Å²) in [6.45, 7) is 6.73. The summed E-state index contributed by atoms with van der Waals surface area (Å²) in [5.41, 5.74) is 2.87. The highest BCUT2D eigenvalue weighted by molar-refractivity contribution is 14.0. The summed E-state index contributed by atoms with van der Waals surface area (Å²) in [7, 11) is 1.87. The number of hydrogen-bond donors (Lipinski definition) is 2. The Morgan fingerprint density at radius 1 is 1.23 bits per heavy atom. The quantitative estimate of drug-likeness (QED) is 0.395. The molecule has 1 aromatic rings. The standard InChI is InChI=1S/C20H31N5.HI/c1-15(25-12-9-16-5-3-4-6-19(16)25)13-22-20(21-2)23-17-10-11-24(14-17)18-7-8-18;/h3-6,15,17-18H,7-14H2,1-2H3,(H2,21,22,23);1H. The molecule has 3 aliphatic rings. The van der Waals surface area contributed by atoms with Crippen LogP contribution < -0.4 is 15.5 Å². The van der Waals surface area contributed by atoms with Gasteiger partial charge in [-0.3, -0.25) is 9.89 Å². The van der Waals surface area contributed by atoms with Crippen LogP contribution in [0.5, 0.6) is 0 Å². The van der Waals surface area contributed by atoms with Gasteiger partial charge in [0.15, 0.2) is 5.96 Å². The summed E-state index contributed by atoms with van der Waals surface area (Å²) < 4.78 is 0. The molecular weight excluding hydrogens is 437 g/mol. The molecule has 1 saturated carbocycles. The third kappa shape index (κ3) is 4.44. The van der Waals surface area contributed by atoms with E-state index in [0.717, 1.165) is 31.5 Å². The van der Waals surface area contributed by atoms with E-state index in [1.54, 1.807) is 0 Å². The van der Waals surface area contributed by atoms with E-state index >= 15 is 0 Å². The predicted molar refractivity (Wildman–Crippen MR) is 120 cm³/mol. The fourth-order valence-corrected chi connectivity index (χ4v) is 4.24. The number of benzene rings is 1. The molecule has 2 aliphatic heterocycles. The summed E-state index contributed by atoms with van der Waals surface area (Å²) in [6, 6.07) is 10.6. The second-order valence-electron chi connectivity index (χ2n) is 7.73. The van der Waals surface area contributed by atoms with Gasteiger partial charge in [-0.25, -0.2) is 0 Å². The third-order valence-corrected chi connectivity index (χ3v) is 5.87. The molecular formula is C20H32IN5. The number of nitrogens with zero attached hydrogens (tertiary/aromatic N) is 3. The summed E-state index contributed by atoms with van der Waals surface area (Å²) in [4.78, 5) is 9.58. The maximum atomic E-state index is 4.44. The van der Waals surface area contributed by atoms with Crippen molar-refractivity contribution in [1.82, 2.24) is 15.5 Å². The van der Waals surface area contributed by atoms with Gasteiger partial charge in [0, 0.05) is 57.0 Å². The lowest BCUT2D eigenvalue weighted by Gasteiger charge is -2.28. The number of anilines is 1. The largest absolute Gasteiger partial charge is 0.366 e. The number of hydrogen-bond acceptors (Lipinski definition) is 3. The predicted octanol–water partition coefficient (Wildman–Crippen LogP) is 2.46. The molecule has 5 nitrogen and oxygen atoms in total. The van der Waals surface area contributed by atoms with Crippen molar-refractivity contribution in [3.05, 3.63) is 29.8 Å². The molecule has 2 unspecified atom stereocenters. The highest BCUT2D eigenvalue weighted by Crippen LogP contribution is 2.30. The molecule has 4 rings (SSSR count). The van der Waals surface area contributed by atoms with Crippen molar-refractivity contribution in [3.63, 3.8) is 0 Å². The number of rotatable bonds is 5. The molecule has 0 spiro atoms. The number of para-hydroxylation sites is 1. The molecule has 2 fully saturated rings. The molecule has 0 bridgehead atoms. The van der Waals surface area contributed by atoms with Crippen molar-refractivity contribution in [3.8, 4) is 0 Å². The molecule has 2 heterocycles. The first-order valence-electron chi connectivity index (χ1n) is 9.80. The number of aliphatic imine (C=N–C) groups is 1. The Morgan fingerprint density at radius 3 is 2.81 bits per heavy atom. The molecule has 1 aromatic carbocycles. The maximum absolute atomic E-state index is 4.44. The Kier molecular flexibility index (Phi) is 6.66. The van der Waals surface area contributed by atoms with Gasteiger partial charge in [0.25, 0.3) is 0 Å². The topological polar surface area (TPSA) is 42.9 Å². The molecule has 2 N–H and O–H groups in total. The minimum absolute atomic E-state index is 0. The molecule has 1 saturated heterocycles. The van der Waals surface area contributed by atoms with Crippen molar-refractivity contribution in [2.24, 2.45) is 4.99 Å². The zero-order valence-electron chi connectivity index (χ0n) is 15.9. The first kappa shape index (κ1) is 19.7. The Balaban J connectivity index is 0.00000196. The van der Waals surface area contributed by atoms with Crippen LogP contribution >= 0.6 is 24.0 Å². The molecule has 26 heavy (non-hydrogen) atoms. The Bertz CT molecular complexity index is 630. The summed E-state index contributed by atoms with van der Waals surface area (Å²) in [5, 5.41) is 7.16. The molecule has 0 aromatic heterocycles. The van der Waals surface area contributed by atoms with E-state index in [1.165, 1.54) is 43.6 Å². The van der Waals surface area contributed by atoms with Crippen LogP contribution in [0.1, 0.15) is 31.7 Å². The first-order chi connectivity index (χ1) is 12.2. The van der Waals surface area contributed by atoms with Crippen LogP contribution in [0.15, 0.2) is 29.3 Å². The van der Waals surface area contributed by atoms with Crippen molar-refractivity contribution >= 4 is 35.6 Å². The second kappa shape index (κ2) is 8.78. The van der Waals surface area contributed by atoms with Gasteiger partial charge in [-0.15, -0.1) is 24.0 Å². The van der Waals surface area contributed by atoms with Crippen LogP contribution in [0.4, 0.5) is 5.69 Å². The van der Waals surface area contributed by atoms with Gasteiger partial charge in [0.1, 0.15) is 0 Å². The SMILES string of the molecule is CN=C(NCC(C)N1CCc2ccccc21)NC1CCN(C2CC2)C1.I. The average Bonchev–Trinajstić information content (AvgIpc) is 3.23. The van der Waals surface area contributed by atoms with Crippen LogP contribution in [0.25, 0.3) is 0 Å². The lowest BCUT2D eigenvalue weighted by Crippen LogP contribution is -2.49. The van der Waals surface area contributed by atoms with Crippen molar-refractivity contribution in [2.45, 2.75) is 50.7 Å². The van der Waals surface area contributed by atoms with Crippen molar-refractivity contribution in [2.75, 3.05) is 38.1 Å². The Morgan fingerprint density at radius 2 is 2.04 bits per heavy atom. The molecule has 2 atom stereocenters. The fraction of sp³-hybridized carbons (Fsp3) is 0.650.